The zero-order chi connectivity index (χ0) is 30.5. The summed E-state index contributed by atoms with van der Waals surface area (Å²) in [6.45, 7) is 8.60. The second-order valence-electron chi connectivity index (χ2n) is 9.52. The molecular weight excluding hydrogens is 548 g/mol. The Morgan fingerprint density at radius 3 is 1.77 bits per heavy atom. The molecule has 214 valence electrons. The highest BCUT2D eigenvalue weighted by atomic mass is 16.6. The van der Waals surface area contributed by atoms with Crippen molar-refractivity contribution < 1.29 is 38.4 Å². The average molecular weight is 575 g/mol. The van der Waals surface area contributed by atoms with Crippen LogP contribution in [-0.2, 0) is 4.79 Å². The Labute approximate surface area is 247 Å². The maximum atomic E-state index is 12.9. The van der Waals surface area contributed by atoms with Crippen molar-refractivity contribution in [2.24, 2.45) is 0 Å². The third-order valence-electron chi connectivity index (χ3n) is 6.50. The number of hydrogen-bond acceptors (Lipinski definition) is 8. The van der Waals surface area contributed by atoms with E-state index in [9.17, 15) is 19.5 Å². The highest BCUT2D eigenvalue weighted by molar-refractivity contribution is 5.98. The lowest BCUT2D eigenvalue weighted by molar-refractivity contribution is -0.128. The predicted octanol–water partition coefficient (Wildman–Crippen LogP) is 6.71. The fraction of sp³-hybridized carbons (Fsp3) is 0.0571. The molecular formula is C35H26O8. The second kappa shape index (κ2) is 12.4. The molecule has 0 amide bonds. The van der Waals surface area contributed by atoms with Crippen LogP contribution < -0.4 is 18.9 Å². The van der Waals surface area contributed by atoms with Crippen LogP contribution in [0, 0.1) is 6.92 Å². The minimum absolute atomic E-state index is 0.295. The largest absolute Gasteiger partial charge is 0.461 e. The van der Waals surface area contributed by atoms with Crippen molar-refractivity contribution in [2.45, 2.75) is 13.2 Å². The van der Waals surface area contributed by atoms with E-state index in [0.29, 0.717) is 39.7 Å². The summed E-state index contributed by atoms with van der Waals surface area (Å²) in [5, 5.41) is 12.8. The summed E-state index contributed by atoms with van der Waals surface area (Å²) in [5.74, 6) is -0.209. The number of aryl methyl sites for hydroxylation is 1. The number of esters is 3. The number of carbonyl (C=O) groups excluding carboxylic acids is 3. The van der Waals surface area contributed by atoms with Crippen molar-refractivity contribution in [2.75, 3.05) is 0 Å². The van der Waals surface area contributed by atoms with Crippen molar-refractivity contribution in [3.8, 4) is 23.0 Å². The van der Waals surface area contributed by atoms with Crippen molar-refractivity contribution in [1.82, 2.24) is 0 Å². The summed E-state index contributed by atoms with van der Waals surface area (Å²) in [4.78, 5) is 37.2. The normalized spacial score (nSPS) is 11.4. The molecule has 1 unspecified atom stereocenters. The minimum atomic E-state index is -1.11. The van der Waals surface area contributed by atoms with Gasteiger partial charge in [-0.3, -0.25) is 0 Å². The smallest absolute Gasteiger partial charge is 0.343 e. The van der Waals surface area contributed by atoms with Gasteiger partial charge in [0.15, 0.2) is 0 Å². The Bertz CT molecular complexity index is 1910. The molecule has 0 spiro atoms. The zero-order valence-corrected chi connectivity index (χ0v) is 23.1. The number of aliphatic hydroxyl groups excluding tert-OH is 1. The van der Waals surface area contributed by atoms with Crippen LogP contribution in [0.4, 0.5) is 0 Å². The quantitative estimate of drug-likeness (QED) is 0.0680. The topological polar surface area (TPSA) is 108 Å². The molecule has 0 fully saturated rings. The van der Waals surface area contributed by atoms with Gasteiger partial charge in [-0.15, -0.1) is 0 Å². The Hall–Kier alpha value is -5.73. The maximum absolute atomic E-state index is 12.9. The van der Waals surface area contributed by atoms with Gasteiger partial charge in [0.1, 0.15) is 23.0 Å². The fourth-order valence-corrected chi connectivity index (χ4v) is 4.31. The van der Waals surface area contributed by atoms with E-state index in [1.807, 2.05) is 0 Å². The van der Waals surface area contributed by atoms with Crippen LogP contribution in [0.25, 0.3) is 21.5 Å². The molecule has 1 atom stereocenters. The van der Waals surface area contributed by atoms with Gasteiger partial charge in [0.2, 0.25) is 6.29 Å². The Morgan fingerprint density at radius 2 is 1.16 bits per heavy atom. The summed E-state index contributed by atoms with van der Waals surface area (Å²) >= 11 is 0. The van der Waals surface area contributed by atoms with E-state index in [2.05, 4.69) is 13.2 Å². The fourth-order valence-electron chi connectivity index (χ4n) is 4.31. The average Bonchev–Trinajstić information content (AvgIpc) is 3.01. The van der Waals surface area contributed by atoms with E-state index in [4.69, 9.17) is 18.9 Å². The number of rotatable bonds is 9. The highest BCUT2D eigenvalue weighted by Gasteiger charge is 2.15. The number of ether oxygens (including phenoxy) is 4. The van der Waals surface area contributed by atoms with Crippen LogP contribution in [0.2, 0.25) is 0 Å². The summed E-state index contributed by atoms with van der Waals surface area (Å²) in [6.07, 6.45) is 1.24. The molecule has 0 aliphatic carbocycles. The van der Waals surface area contributed by atoms with Gasteiger partial charge >= 0.3 is 17.9 Å². The summed E-state index contributed by atoms with van der Waals surface area (Å²) in [6, 6.07) is 25.1. The first-order valence-electron chi connectivity index (χ1n) is 13.2. The number of aliphatic hydroxyl groups is 1. The first-order valence-corrected chi connectivity index (χ1v) is 13.2. The molecule has 5 aromatic carbocycles. The molecule has 0 radical (unpaired) electrons. The van der Waals surface area contributed by atoms with E-state index in [-0.39, 0.29) is 0 Å². The van der Waals surface area contributed by atoms with Crippen molar-refractivity contribution in [3.05, 3.63) is 133 Å². The van der Waals surface area contributed by atoms with Gasteiger partial charge in [0.25, 0.3) is 0 Å². The molecule has 0 aromatic heterocycles. The number of hydrogen-bond donors (Lipinski definition) is 1. The molecule has 5 rings (SSSR count). The third kappa shape index (κ3) is 6.78. The van der Waals surface area contributed by atoms with E-state index in [1.54, 1.807) is 97.9 Å². The Kier molecular flexibility index (Phi) is 8.32. The molecule has 0 aliphatic heterocycles. The van der Waals surface area contributed by atoms with Crippen molar-refractivity contribution >= 4 is 39.5 Å². The van der Waals surface area contributed by atoms with E-state index >= 15 is 0 Å². The van der Waals surface area contributed by atoms with Gasteiger partial charge in [0, 0.05) is 6.08 Å². The van der Waals surface area contributed by atoms with Crippen molar-refractivity contribution in [3.63, 3.8) is 0 Å². The van der Waals surface area contributed by atoms with Gasteiger partial charge in [0.05, 0.1) is 11.1 Å². The minimum Gasteiger partial charge on any atom is -0.461 e. The number of fused-ring (bicyclic) bond motifs is 2. The molecule has 1 N–H and O–H groups in total. The molecule has 8 nitrogen and oxygen atoms in total. The van der Waals surface area contributed by atoms with Gasteiger partial charge in [-0.2, -0.15) is 0 Å². The molecule has 43 heavy (non-hydrogen) atoms. The van der Waals surface area contributed by atoms with E-state index in [1.165, 1.54) is 6.08 Å². The van der Waals surface area contributed by atoms with Crippen LogP contribution in [0.15, 0.2) is 116 Å². The molecule has 0 heterocycles. The highest BCUT2D eigenvalue weighted by Crippen LogP contribution is 2.28. The summed E-state index contributed by atoms with van der Waals surface area (Å²) in [7, 11) is 0. The van der Waals surface area contributed by atoms with Gasteiger partial charge < -0.3 is 24.1 Å². The van der Waals surface area contributed by atoms with Crippen LogP contribution in [0.1, 0.15) is 26.3 Å². The zero-order valence-electron chi connectivity index (χ0n) is 23.1. The summed E-state index contributed by atoms with van der Waals surface area (Å²) in [5.41, 5.74) is 1.29. The van der Waals surface area contributed by atoms with Gasteiger partial charge in [-0.05, 0) is 107 Å². The lowest BCUT2D eigenvalue weighted by Crippen LogP contribution is -2.11. The Morgan fingerprint density at radius 1 is 0.651 bits per heavy atom. The number of benzene rings is 5. The second-order valence-corrected chi connectivity index (χ2v) is 9.52. The number of carbonyl (C=O) groups is 3. The van der Waals surface area contributed by atoms with Crippen molar-refractivity contribution in [1.29, 1.82) is 0 Å². The van der Waals surface area contributed by atoms with Gasteiger partial charge in [-0.25, -0.2) is 14.4 Å². The molecule has 0 saturated heterocycles. The monoisotopic (exact) mass is 574 g/mol. The molecule has 0 aliphatic rings. The lowest BCUT2D eigenvalue weighted by Gasteiger charge is -2.11. The first kappa shape index (κ1) is 28.8. The molecule has 8 heteroatoms. The third-order valence-corrected chi connectivity index (χ3v) is 6.50. The summed E-state index contributed by atoms with van der Waals surface area (Å²) < 4.78 is 21.7. The Balaban J connectivity index is 1.25. The molecule has 0 saturated carbocycles. The van der Waals surface area contributed by atoms with E-state index in [0.717, 1.165) is 27.6 Å². The molecule has 5 aromatic rings. The maximum Gasteiger partial charge on any atom is 0.343 e. The van der Waals surface area contributed by atoms with E-state index < -0.39 is 24.2 Å². The van der Waals surface area contributed by atoms with Crippen LogP contribution in [0.5, 0.6) is 23.0 Å². The van der Waals surface area contributed by atoms with Crippen LogP contribution >= 0.6 is 0 Å². The van der Waals surface area contributed by atoms with Crippen LogP contribution in [0.3, 0.4) is 0 Å². The standard InChI is InChI=1S/C35H26O8/c1-4-32(36)40-29-12-10-22-17-26(8-6-24(22)19-29)34(38)42-28-14-15-31(21(3)16-28)43-35(39)27-9-7-25-20-30(41-33(37)5-2)13-11-23(25)18-27/h4-20,32,36H,1-2H2,3H3. The molecule has 0 bridgehead atoms. The lowest BCUT2D eigenvalue weighted by atomic mass is 10.1. The SMILES string of the molecule is C=CC(=O)Oc1ccc2cc(C(=O)Oc3ccc(OC(=O)c4ccc5cc(OC(O)C=C)ccc5c4)cc3C)ccc2c1. The first-order chi connectivity index (χ1) is 20.7. The van der Waals surface area contributed by atoms with Crippen LogP contribution in [-0.4, -0.2) is 29.3 Å². The predicted molar refractivity (Wildman–Crippen MR) is 162 cm³/mol. The van der Waals surface area contributed by atoms with Gasteiger partial charge in [-0.1, -0.05) is 37.4 Å².